The summed E-state index contributed by atoms with van der Waals surface area (Å²) < 4.78 is 5.34. The molecule has 4 rings (SSSR count). The maximum Gasteiger partial charge on any atom is 0.230 e. The molecular formula is C21H21N3O3S. The van der Waals surface area contributed by atoms with Crippen LogP contribution in [-0.2, 0) is 22.6 Å². The topological polar surface area (TPSA) is 75.4 Å². The molecule has 0 bridgehead atoms. The Hall–Kier alpha value is -2.93. The third-order valence-corrected chi connectivity index (χ3v) is 5.54. The molecule has 3 heterocycles. The van der Waals surface area contributed by atoms with E-state index in [1.54, 1.807) is 6.26 Å². The number of nitrogens with zero attached hydrogens (tertiary/aromatic N) is 2. The van der Waals surface area contributed by atoms with Crippen LogP contribution in [0.15, 0.2) is 52.5 Å². The van der Waals surface area contributed by atoms with Crippen LogP contribution in [0.3, 0.4) is 0 Å². The van der Waals surface area contributed by atoms with E-state index in [9.17, 15) is 9.59 Å². The van der Waals surface area contributed by atoms with Crippen LogP contribution >= 0.6 is 11.3 Å². The Morgan fingerprint density at radius 1 is 1.25 bits per heavy atom. The lowest BCUT2D eigenvalue weighted by molar-refractivity contribution is -0.133. The van der Waals surface area contributed by atoms with Gasteiger partial charge in [-0.2, -0.15) is 0 Å². The van der Waals surface area contributed by atoms with E-state index in [4.69, 9.17) is 4.42 Å². The average molecular weight is 395 g/mol. The van der Waals surface area contributed by atoms with Gasteiger partial charge in [0.05, 0.1) is 18.4 Å². The number of aromatic nitrogens is 1. The largest absolute Gasteiger partial charge is 0.462 e. The third-order valence-electron chi connectivity index (χ3n) is 4.63. The summed E-state index contributed by atoms with van der Waals surface area (Å²) in [5, 5.41) is 5.56. The number of nitrogens with one attached hydrogen (secondary N) is 1. The van der Waals surface area contributed by atoms with Crippen molar-refractivity contribution < 1.29 is 14.0 Å². The predicted octanol–water partition coefficient (Wildman–Crippen LogP) is 4.10. The molecule has 144 valence electrons. The minimum atomic E-state index is -0.123. The Balaban J connectivity index is 1.36. The molecular weight excluding hydrogens is 374 g/mol. The molecule has 0 spiro atoms. The molecule has 0 unspecified atom stereocenters. The van der Waals surface area contributed by atoms with Crippen LogP contribution in [-0.4, -0.2) is 28.2 Å². The van der Waals surface area contributed by atoms with Crippen molar-refractivity contribution in [2.75, 3.05) is 11.9 Å². The van der Waals surface area contributed by atoms with E-state index in [1.165, 1.54) is 11.3 Å². The number of amides is 2. The van der Waals surface area contributed by atoms with Gasteiger partial charge < -0.3 is 14.6 Å². The molecule has 6 nitrogen and oxygen atoms in total. The Labute approximate surface area is 167 Å². The number of thiazole rings is 1. The first kappa shape index (κ1) is 18.4. The lowest BCUT2D eigenvalue weighted by Crippen LogP contribution is -2.34. The van der Waals surface area contributed by atoms with Crippen LogP contribution in [0.25, 0.3) is 10.8 Å². The van der Waals surface area contributed by atoms with Gasteiger partial charge in [0, 0.05) is 30.6 Å². The summed E-state index contributed by atoms with van der Waals surface area (Å²) in [6.07, 6.45) is 4.46. The second kappa shape index (κ2) is 8.39. The van der Waals surface area contributed by atoms with Gasteiger partial charge in [-0.1, -0.05) is 12.1 Å². The first-order valence-corrected chi connectivity index (χ1v) is 10.2. The molecule has 1 saturated heterocycles. The van der Waals surface area contributed by atoms with Crippen LogP contribution in [0.5, 0.6) is 0 Å². The molecule has 28 heavy (non-hydrogen) atoms. The molecule has 0 radical (unpaired) electrons. The Morgan fingerprint density at radius 2 is 2.18 bits per heavy atom. The fourth-order valence-electron chi connectivity index (χ4n) is 3.27. The fourth-order valence-corrected chi connectivity index (χ4v) is 4.05. The number of furan rings is 1. The second-order valence-electron chi connectivity index (χ2n) is 6.82. The fraction of sp³-hybridized carbons (Fsp3) is 0.286. The molecule has 1 aromatic carbocycles. The molecule has 0 aliphatic carbocycles. The highest BCUT2D eigenvalue weighted by Crippen LogP contribution is 2.24. The maximum atomic E-state index is 12.4. The van der Waals surface area contributed by atoms with Gasteiger partial charge in [-0.05, 0) is 42.7 Å². The van der Waals surface area contributed by atoms with E-state index in [2.05, 4.69) is 10.3 Å². The molecule has 7 heteroatoms. The summed E-state index contributed by atoms with van der Waals surface area (Å²) in [6.45, 7) is 1.39. The first-order chi connectivity index (χ1) is 13.7. The zero-order chi connectivity index (χ0) is 19.3. The minimum Gasteiger partial charge on any atom is -0.462 e. The Morgan fingerprint density at radius 3 is 3.00 bits per heavy atom. The molecule has 2 aromatic heterocycles. The van der Waals surface area contributed by atoms with Gasteiger partial charge in [0.2, 0.25) is 11.8 Å². The van der Waals surface area contributed by atoms with Crippen molar-refractivity contribution in [2.24, 2.45) is 0 Å². The van der Waals surface area contributed by atoms with E-state index >= 15 is 0 Å². The first-order valence-electron chi connectivity index (χ1n) is 9.32. The summed E-state index contributed by atoms with van der Waals surface area (Å²) in [7, 11) is 0. The quantitative estimate of drug-likeness (QED) is 0.682. The summed E-state index contributed by atoms with van der Waals surface area (Å²) in [5.74, 6) is 0.788. The molecule has 1 aliphatic rings. The minimum absolute atomic E-state index is 0.123. The molecule has 2 amide bonds. The smallest absolute Gasteiger partial charge is 0.230 e. The van der Waals surface area contributed by atoms with Crippen LogP contribution in [0.1, 0.15) is 30.5 Å². The van der Waals surface area contributed by atoms with Gasteiger partial charge in [-0.15, -0.1) is 11.3 Å². The molecule has 1 aliphatic heterocycles. The molecule has 1 N–H and O–H groups in total. The van der Waals surface area contributed by atoms with E-state index < -0.39 is 0 Å². The number of carbonyl (C=O) groups excluding carboxylic acids is 2. The van der Waals surface area contributed by atoms with Gasteiger partial charge >= 0.3 is 0 Å². The van der Waals surface area contributed by atoms with Crippen molar-refractivity contribution in [1.82, 2.24) is 9.88 Å². The molecule has 0 atom stereocenters. The monoisotopic (exact) mass is 395 g/mol. The Kier molecular flexibility index (Phi) is 5.53. The number of carbonyl (C=O) groups is 2. The normalized spacial score (nSPS) is 14.3. The Bertz CT molecular complexity index is 965. The number of hydrogen-bond acceptors (Lipinski definition) is 5. The van der Waals surface area contributed by atoms with Gasteiger partial charge in [0.25, 0.3) is 0 Å². The van der Waals surface area contributed by atoms with Gasteiger partial charge in [-0.3, -0.25) is 9.59 Å². The molecule has 1 fully saturated rings. The maximum absolute atomic E-state index is 12.4. The number of hydrogen-bond donors (Lipinski definition) is 1. The van der Waals surface area contributed by atoms with E-state index in [1.807, 2.05) is 46.7 Å². The summed E-state index contributed by atoms with van der Waals surface area (Å²) in [5.41, 5.74) is 2.46. The summed E-state index contributed by atoms with van der Waals surface area (Å²) in [4.78, 5) is 30.7. The van der Waals surface area contributed by atoms with Crippen LogP contribution in [0.2, 0.25) is 0 Å². The lowest BCUT2D eigenvalue weighted by Gasteiger charge is -2.26. The van der Waals surface area contributed by atoms with Crippen LogP contribution < -0.4 is 5.32 Å². The average Bonchev–Trinajstić information content (AvgIpc) is 3.35. The molecule has 0 saturated carbocycles. The zero-order valence-corrected chi connectivity index (χ0v) is 16.2. The lowest BCUT2D eigenvalue weighted by atomic mass is 10.1. The standard InChI is InChI=1S/C21H21N3O3S/c25-19(12-17-14-28-21(23-17)18-7-4-10-27-18)22-16-6-3-5-15(11-16)13-24-9-2-1-8-20(24)26/h3-7,10-11,14H,1-2,8-9,12-13H2,(H,22,25). The highest BCUT2D eigenvalue weighted by molar-refractivity contribution is 7.13. The molecule has 3 aromatic rings. The summed E-state index contributed by atoms with van der Waals surface area (Å²) in [6, 6.07) is 11.3. The van der Waals surface area contributed by atoms with E-state index in [0.29, 0.717) is 24.4 Å². The van der Waals surface area contributed by atoms with Gasteiger partial charge in [-0.25, -0.2) is 4.98 Å². The van der Waals surface area contributed by atoms with Crippen molar-refractivity contribution in [3.8, 4) is 10.8 Å². The number of rotatable bonds is 6. The van der Waals surface area contributed by atoms with Crippen LogP contribution in [0, 0.1) is 0 Å². The zero-order valence-electron chi connectivity index (χ0n) is 15.4. The van der Waals surface area contributed by atoms with E-state index in [0.717, 1.165) is 35.6 Å². The number of likely N-dealkylation sites (tertiary alicyclic amines) is 1. The number of anilines is 1. The van der Waals surface area contributed by atoms with Gasteiger partial charge in [0.15, 0.2) is 10.8 Å². The highest BCUT2D eigenvalue weighted by atomic mass is 32.1. The van der Waals surface area contributed by atoms with Crippen molar-refractivity contribution in [3.05, 3.63) is 59.3 Å². The summed E-state index contributed by atoms with van der Waals surface area (Å²) >= 11 is 1.46. The number of piperidine rings is 1. The second-order valence-corrected chi connectivity index (χ2v) is 7.68. The number of benzene rings is 1. The SMILES string of the molecule is O=C(Cc1csc(-c2ccco2)n1)Nc1cccc(CN2CCCCC2=O)c1. The van der Waals surface area contributed by atoms with Crippen molar-refractivity contribution in [3.63, 3.8) is 0 Å². The van der Waals surface area contributed by atoms with E-state index in [-0.39, 0.29) is 18.2 Å². The third kappa shape index (κ3) is 4.48. The van der Waals surface area contributed by atoms with Crippen molar-refractivity contribution in [1.29, 1.82) is 0 Å². The van der Waals surface area contributed by atoms with Crippen LogP contribution in [0.4, 0.5) is 5.69 Å². The predicted molar refractivity (Wildman–Crippen MR) is 108 cm³/mol. The highest BCUT2D eigenvalue weighted by Gasteiger charge is 2.18. The van der Waals surface area contributed by atoms with Gasteiger partial charge in [0.1, 0.15) is 0 Å². The van der Waals surface area contributed by atoms with Crippen molar-refractivity contribution in [2.45, 2.75) is 32.2 Å². The van der Waals surface area contributed by atoms with Crippen molar-refractivity contribution >= 4 is 28.8 Å².